The largest absolute Gasteiger partial charge is 0.465 e. The van der Waals surface area contributed by atoms with Crippen molar-refractivity contribution in [2.75, 3.05) is 0 Å². The maximum Gasteiger partial charge on any atom is 0.130 e. The zero-order chi connectivity index (χ0) is 10.2. The van der Waals surface area contributed by atoms with Gasteiger partial charge in [-0.05, 0) is 12.1 Å². The van der Waals surface area contributed by atoms with Crippen molar-refractivity contribution < 1.29 is 4.42 Å². The first-order chi connectivity index (χ1) is 6.58. The van der Waals surface area contributed by atoms with E-state index in [4.69, 9.17) is 4.42 Å². The van der Waals surface area contributed by atoms with Crippen LogP contribution in [0.4, 0.5) is 0 Å². The Labute approximate surface area is 85.1 Å². The molecule has 0 saturated heterocycles. The predicted molar refractivity (Wildman–Crippen MR) is 59.1 cm³/mol. The van der Waals surface area contributed by atoms with Gasteiger partial charge in [0.2, 0.25) is 0 Å². The van der Waals surface area contributed by atoms with Gasteiger partial charge in [-0.2, -0.15) is 0 Å². The summed E-state index contributed by atoms with van der Waals surface area (Å²) >= 11 is 0. The average Bonchev–Trinajstić information content (AvgIpc) is 2.57. The van der Waals surface area contributed by atoms with Crippen molar-refractivity contribution in [1.29, 1.82) is 0 Å². The zero-order valence-electron chi connectivity index (χ0n) is 8.95. The van der Waals surface area contributed by atoms with Gasteiger partial charge in [-0.15, -0.1) is 0 Å². The first kappa shape index (κ1) is 9.32. The van der Waals surface area contributed by atoms with Crippen LogP contribution in [0.1, 0.15) is 38.0 Å². The van der Waals surface area contributed by atoms with E-state index in [0.29, 0.717) is 5.92 Å². The molecule has 0 radical (unpaired) electrons. The third-order valence-corrected chi connectivity index (χ3v) is 2.70. The van der Waals surface area contributed by atoms with E-state index in [-0.39, 0.29) is 5.41 Å². The van der Waals surface area contributed by atoms with Gasteiger partial charge in [0.05, 0.1) is 6.26 Å². The predicted octanol–water partition coefficient (Wildman–Crippen LogP) is 3.99. The zero-order valence-corrected chi connectivity index (χ0v) is 8.95. The lowest BCUT2D eigenvalue weighted by atomic mass is 9.87. The van der Waals surface area contributed by atoms with Gasteiger partial charge in [0.25, 0.3) is 0 Å². The second-order valence-corrected chi connectivity index (χ2v) is 4.54. The number of fused-ring (bicyclic) bond motifs is 1. The molecule has 1 heteroatoms. The van der Waals surface area contributed by atoms with Crippen LogP contribution in [-0.2, 0) is 0 Å². The Morgan fingerprint density at radius 3 is 2.86 bits per heavy atom. The fourth-order valence-electron chi connectivity index (χ4n) is 1.68. The normalized spacial score (nSPS) is 28.6. The molecule has 0 aliphatic heterocycles. The molecule has 14 heavy (non-hydrogen) atoms. The Morgan fingerprint density at radius 2 is 2.07 bits per heavy atom. The molecule has 1 heterocycles. The van der Waals surface area contributed by atoms with Crippen LogP contribution in [0.2, 0.25) is 0 Å². The quantitative estimate of drug-likeness (QED) is 0.561. The van der Waals surface area contributed by atoms with Crippen molar-refractivity contribution in [3.8, 4) is 0 Å². The molecule has 0 fully saturated rings. The summed E-state index contributed by atoms with van der Waals surface area (Å²) in [5.41, 5.74) is 1.40. The molecule has 1 aromatic rings. The summed E-state index contributed by atoms with van der Waals surface area (Å²) < 4.78 is 5.43. The number of furan rings is 1. The van der Waals surface area contributed by atoms with Gasteiger partial charge >= 0.3 is 0 Å². The second kappa shape index (κ2) is 3.16. The van der Waals surface area contributed by atoms with Gasteiger partial charge in [-0.1, -0.05) is 39.0 Å². The molecule has 1 aliphatic carbocycles. The molecule has 0 bridgehead atoms. The summed E-state index contributed by atoms with van der Waals surface area (Å²) in [7, 11) is 0. The second-order valence-electron chi connectivity index (χ2n) is 4.54. The van der Waals surface area contributed by atoms with Gasteiger partial charge in [-0.25, -0.2) is 0 Å². The molecule has 1 nitrogen and oxygen atoms in total. The van der Waals surface area contributed by atoms with Gasteiger partial charge < -0.3 is 4.42 Å². The topological polar surface area (TPSA) is 13.1 Å². The Hall–Kier alpha value is -1.24. The summed E-state index contributed by atoms with van der Waals surface area (Å²) in [5, 5.41) is 0. The number of hydrogen-bond donors (Lipinski definition) is 0. The summed E-state index contributed by atoms with van der Waals surface area (Å²) in [4.78, 5) is 0. The lowest BCUT2D eigenvalue weighted by molar-refractivity contribution is 0.547. The molecular formula is C13H16O. The Morgan fingerprint density at radius 1 is 1.29 bits per heavy atom. The van der Waals surface area contributed by atoms with Crippen LogP contribution in [0.5, 0.6) is 0 Å². The minimum absolute atomic E-state index is 0.124. The highest BCUT2D eigenvalue weighted by Gasteiger charge is 2.16. The van der Waals surface area contributed by atoms with Crippen molar-refractivity contribution in [2.24, 2.45) is 5.41 Å². The molecule has 1 unspecified atom stereocenters. The lowest BCUT2D eigenvalue weighted by Gasteiger charge is -2.18. The van der Waals surface area contributed by atoms with Crippen LogP contribution in [0.3, 0.4) is 0 Å². The molecule has 2 rings (SSSR count). The Kier molecular flexibility index (Phi) is 2.10. The number of hydrogen-bond acceptors (Lipinski definition) is 1. The van der Waals surface area contributed by atoms with E-state index < -0.39 is 0 Å². The van der Waals surface area contributed by atoms with Crippen LogP contribution >= 0.6 is 0 Å². The molecule has 1 aliphatic rings. The van der Waals surface area contributed by atoms with Crippen molar-refractivity contribution in [1.82, 2.24) is 0 Å². The van der Waals surface area contributed by atoms with Gasteiger partial charge in [0.1, 0.15) is 5.76 Å². The molecular weight excluding hydrogens is 172 g/mol. The van der Waals surface area contributed by atoms with E-state index in [1.807, 2.05) is 6.07 Å². The van der Waals surface area contributed by atoms with E-state index in [1.54, 1.807) is 6.26 Å². The molecule has 0 N–H and O–H groups in total. The lowest BCUT2D eigenvalue weighted by Crippen LogP contribution is -2.05. The summed E-state index contributed by atoms with van der Waals surface area (Å²) in [6.45, 7) is 6.58. The SMILES string of the molecule is CC1/C=C\C(C)(C)/C=C\c2occc21. The maximum atomic E-state index is 5.43. The van der Waals surface area contributed by atoms with Gasteiger partial charge in [-0.3, -0.25) is 0 Å². The highest BCUT2D eigenvalue weighted by Crippen LogP contribution is 2.30. The van der Waals surface area contributed by atoms with Crippen molar-refractivity contribution >= 4 is 6.08 Å². The minimum Gasteiger partial charge on any atom is -0.465 e. The standard InChI is InChI=1S/C13H16O/c1-10-4-7-13(2,3)8-5-12-11(10)6-9-14-12/h4-10H,1-3H3/b7-4-,8-5-. The summed E-state index contributed by atoms with van der Waals surface area (Å²) in [6.07, 6.45) is 10.5. The summed E-state index contributed by atoms with van der Waals surface area (Å²) in [5.74, 6) is 1.43. The van der Waals surface area contributed by atoms with Crippen molar-refractivity contribution in [2.45, 2.75) is 26.7 Å². The van der Waals surface area contributed by atoms with Crippen molar-refractivity contribution in [3.63, 3.8) is 0 Å². The fraction of sp³-hybridized carbons (Fsp3) is 0.385. The highest BCUT2D eigenvalue weighted by atomic mass is 16.3. The molecule has 0 amide bonds. The van der Waals surface area contributed by atoms with E-state index in [9.17, 15) is 0 Å². The first-order valence-electron chi connectivity index (χ1n) is 5.04. The Bertz CT molecular complexity index is 380. The van der Waals surface area contributed by atoms with Gasteiger partial charge in [0, 0.05) is 16.9 Å². The van der Waals surface area contributed by atoms with E-state index in [1.165, 1.54) is 5.56 Å². The Balaban J connectivity index is 2.48. The number of allylic oxidation sites excluding steroid dienone is 3. The number of rotatable bonds is 0. The fourth-order valence-corrected chi connectivity index (χ4v) is 1.68. The molecule has 0 saturated carbocycles. The molecule has 0 aromatic carbocycles. The summed E-state index contributed by atoms with van der Waals surface area (Å²) in [6, 6.07) is 2.05. The average molecular weight is 188 g/mol. The minimum atomic E-state index is 0.124. The van der Waals surface area contributed by atoms with E-state index in [0.717, 1.165) is 5.76 Å². The highest BCUT2D eigenvalue weighted by molar-refractivity contribution is 5.52. The van der Waals surface area contributed by atoms with Crippen LogP contribution in [0.25, 0.3) is 6.08 Å². The van der Waals surface area contributed by atoms with Crippen LogP contribution in [0.15, 0.2) is 35.0 Å². The third-order valence-electron chi connectivity index (χ3n) is 2.70. The van der Waals surface area contributed by atoms with Crippen LogP contribution < -0.4 is 0 Å². The molecule has 74 valence electrons. The third kappa shape index (κ3) is 1.67. The van der Waals surface area contributed by atoms with E-state index >= 15 is 0 Å². The molecule has 1 aromatic heterocycles. The van der Waals surface area contributed by atoms with Crippen molar-refractivity contribution in [3.05, 3.63) is 41.9 Å². The van der Waals surface area contributed by atoms with E-state index in [2.05, 4.69) is 45.1 Å². The van der Waals surface area contributed by atoms with Gasteiger partial charge in [0.15, 0.2) is 0 Å². The first-order valence-corrected chi connectivity index (χ1v) is 5.04. The monoisotopic (exact) mass is 188 g/mol. The smallest absolute Gasteiger partial charge is 0.130 e. The molecule has 1 atom stereocenters. The molecule has 0 spiro atoms. The van der Waals surface area contributed by atoms with Crippen LogP contribution in [0, 0.1) is 5.41 Å². The maximum absolute atomic E-state index is 5.43. The van der Waals surface area contributed by atoms with Crippen LogP contribution in [-0.4, -0.2) is 0 Å².